The van der Waals surface area contributed by atoms with E-state index in [-0.39, 0.29) is 5.91 Å². The fourth-order valence-corrected chi connectivity index (χ4v) is 3.23. The summed E-state index contributed by atoms with van der Waals surface area (Å²) in [5.74, 6) is 0.117. The van der Waals surface area contributed by atoms with Crippen LogP contribution < -0.4 is 10.6 Å². The van der Waals surface area contributed by atoms with Crippen molar-refractivity contribution in [3.63, 3.8) is 0 Å². The van der Waals surface area contributed by atoms with Crippen LogP contribution in [0.3, 0.4) is 0 Å². The highest BCUT2D eigenvalue weighted by Crippen LogP contribution is 2.16. The molecule has 4 nitrogen and oxygen atoms in total. The standard InChI is InChI=1S/C20H23N3OS/c1-15-6-5-7-18(14-15)22-20(25)21-17-10-8-16(9-11-17)19(24)23-12-3-2-4-13-23/h5-11,14H,2-4,12-13H2,1H3,(H2,21,22,25). The summed E-state index contributed by atoms with van der Waals surface area (Å²) in [6.07, 6.45) is 3.42. The summed E-state index contributed by atoms with van der Waals surface area (Å²) in [6, 6.07) is 15.5. The first kappa shape index (κ1) is 17.4. The summed E-state index contributed by atoms with van der Waals surface area (Å²) >= 11 is 5.35. The second-order valence-corrected chi connectivity index (χ2v) is 6.79. The van der Waals surface area contributed by atoms with Gasteiger partial charge in [0, 0.05) is 30.0 Å². The van der Waals surface area contributed by atoms with E-state index >= 15 is 0 Å². The monoisotopic (exact) mass is 353 g/mol. The van der Waals surface area contributed by atoms with E-state index in [0.29, 0.717) is 5.11 Å². The average molecular weight is 353 g/mol. The normalized spacial score (nSPS) is 14.0. The van der Waals surface area contributed by atoms with Gasteiger partial charge in [-0.25, -0.2) is 0 Å². The Morgan fingerprint density at radius 1 is 0.960 bits per heavy atom. The molecule has 2 aromatic carbocycles. The maximum atomic E-state index is 12.5. The van der Waals surface area contributed by atoms with Crippen LogP contribution in [0.4, 0.5) is 11.4 Å². The number of rotatable bonds is 3. The van der Waals surface area contributed by atoms with Crippen molar-refractivity contribution in [2.24, 2.45) is 0 Å². The fourth-order valence-electron chi connectivity index (χ4n) is 2.99. The van der Waals surface area contributed by atoms with Crippen molar-refractivity contribution < 1.29 is 4.79 Å². The van der Waals surface area contributed by atoms with Crippen molar-refractivity contribution in [1.29, 1.82) is 0 Å². The molecule has 1 heterocycles. The molecule has 0 unspecified atom stereocenters. The molecule has 5 heteroatoms. The SMILES string of the molecule is Cc1cccc(NC(=S)Nc2ccc(C(=O)N3CCCCC3)cc2)c1. The molecule has 1 amide bonds. The lowest BCUT2D eigenvalue weighted by atomic mass is 10.1. The van der Waals surface area contributed by atoms with E-state index in [1.54, 1.807) is 0 Å². The molecule has 0 radical (unpaired) electrons. The Bertz CT molecular complexity index is 752. The third-order valence-corrected chi connectivity index (χ3v) is 4.51. The van der Waals surface area contributed by atoms with Gasteiger partial charge in [-0.3, -0.25) is 4.79 Å². The first-order valence-corrected chi connectivity index (χ1v) is 9.07. The minimum absolute atomic E-state index is 0.117. The van der Waals surface area contributed by atoms with Crippen molar-refractivity contribution in [2.75, 3.05) is 23.7 Å². The van der Waals surface area contributed by atoms with Gasteiger partial charge in [0.25, 0.3) is 5.91 Å². The Morgan fingerprint density at radius 3 is 2.32 bits per heavy atom. The lowest BCUT2D eigenvalue weighted by Gasteiger charge is -2.26. The van der Waals surface area contributed by atoms with Crippen LogP contribution in [0.25, 0.3) is 0 Å². The van der Waals surface area contributed by atoms with Gasteiger partial charge in [-0.1, -0.05) is 12.1 Å². The number of carbonyl (C=O) groups is 1. The number of amides is 1. The molecule has 130 valence electrons. The highest BCUT2D eigenvalue weighted by atomic mass is 32.1. The number of piperidine rings is 1. The zero-order chi connectivity index (χ0) is 17.6. The molecule has 0 bridgehead atoms. The van der Waals surface area contributed by atoms with Gasteiger partial charge in [0.1, 0.15) is 0 Å². The summed E-state index contributed by atoms with van der Waals surface area (Å²) in [6.45, 7) is 3.77. The minimum atomic E-state index is 0.117. The van der Waals surface area contributed by atoms with E-state index in [0.717, 1.165) is 42.9 Å². The van der Waals surface area contributed by atoms with Gasteiger partial charge in [0.2, 0.25) is 0 Å². The topological polar surface area (TPSA) is 44.4 Å². The van der Waals surface area contributed by atoms with Gasteiger partial charge in [0.05, 0.1) is 0 Å². The highest BCUT2D eigenvalue weighted by Gasteiger charge is 2.17. The van der Waals surface area contributed by atoms with E-state index < -0.39 is 0 Å². The molecule has 25 heavy (non-hydrogen) atoms. The van der Waals surface area contributed by atoms with Gasteiger partial charge < -0.3 is 15.5 Å². The molecule has 1 aliphatic rings. The zero-order valence-electron chi connectivity index (χ0n) is 14.4. The highest BCUT2D eigenvalue weighted by molar-refractivity contribution is 7.80. The molecule has 0 saturated carbocycles. The van der Waals surface area contributed by atoms with E-state index in [4.69, 9.17) is 12.2 Å². The number of anilines is 2. The van der Waals surface area contributed by atoms with Gasteiger partial charge in [0.15, 0.2) is 5.11 Å². The van der Waals surface area contributed by atoms with Crippen LogP contribution >= 0.6 is 12.2 Å². The molecular formula is C20H23N3OS. The maximum Gasteiger partial charge on any atom is 0.253 e. The third-order valence-electron chi connectivity index (χ3n) is 4.31. The number of aryl methyl sites for hydroxylation is 1. The minimum Gasteiger partial charge on any atom is -0.339 e. The molecule has 0 spiro atoms. The number of thiocarbonyl (C=S) groups is 1. The van der Waals surface area contributed by atoms with Crippen molar-refractivity contribution >= 4 is 34.6 Å². The first-order chi connectivity index (χ1) is 12.1. The summed E-state index contributed by atoms with van der Waals surface area (Å²) in [5, 5.41) is 6.84. The molecule has 0 aromatic heterocycles. The summed E-state index contributed by atoms with van der Waals surface area (Å²) in [4.78, 5) is 14.4. The number of likely N-dealkylation sites (tertiary alicyclic amines) is 1. The Balaban J connectivity index is 1.58. The maximum absolute atomic E-state index is 12.5. The second kappa shape index (κ2) is 8.12. The van der Waals surface area contributed by atoms with Gasteiger partial charge in [-0.05, 0) is 80.4 Å². The predicted octanol–water partition coefficient (Wildman–Crippen LogP) is 4.43. The van der Waals surface area contributed by atoms with Crippen molar-refractivity contribution in [1.82, 2.24) is 4.90 Å². The lowest BCUT2D eigenvalue weighted by Crippen LogP contribution is -2.35. The molecule has 1 saturated heterocycles. The quantitative estimate of drug-likeness (QED) is 0.801. The molecule has 2 aromatic rings. The molecule has 3 rings (SSSR count). The van der Waals surface area contributed by atoms with Crippen LogP contribution in [0, 0.1) is 6.92 Å². The number of carbonyl (C=O) groups excluding carboxylic acids is 1. The van der Waals surface area contributed by atoms with E-state index in [9.17, 15) is 4.79 Å². The van der Waals surface area contributed by atoms with Gasteiger partial charge >= 0.3 is 0 Å². The summed E-state index contributed by atoms with van der Waals surface area (Å²) in [7, 11) is 0. The second-order valence-electron chi connectivity index (χ2n) is 6.38. The Hall–Kier alpha value is -2.40. The van der Waals surface area contributed by atoms with Crippen LogP contribution in [-0.4, -0.2) is 29.0 Å². The first-order valence-electron chi connectivity index (χ1n) is 8.66. The van der Waals surface area contributed by atoms with Crippen molar-refractivity contribution in [3.8, 4) is 0 Å². The molecule has 1 aliphatic heterocycles. The molecule has 0 aliphatic carbocycles. The summed E-state index contributed by atoms with van der Waals surface area (Å²) in [5.41, 5.74) is 3.72. The van der Waals surface area contributed by atoms with Crippen LogP contribution in [0.2, 0.25) is 0 Å². The number of hydrogen-bond acceptors (Lipinski definition) is 2. The smallest absolute Gasteiger partial charge is 0.253 e. The predicted molar refractivity (Wildman–Crippen MR) is 107 cm³/mol. The number of nitrogens with one attached hydrogen (secondary N) is 2. The van der Waals surface area contributed by atoms with Gasteiger partial charge in [-0.15, -0.1) is 0 Å². The lowest BCUT2D eigenvalue weighted by molar-refractivity contribution is 0.0724. The number of hydrogen-bond donors (Lipinski definition) is 2. The van der Waals surface area contributed by atoms with Crippen molar-refractivity contribution in [2.45, 2.75) is 26.2 Å². The van der Waals surface area contributed by atoms with Crippen LogP contribution in [0.15, 0.2) is 48.5 Å². The van der Waals surface area contributed by atoms with E-state index in [2.05, 4.69) is 10.6 Å². The molecular weight excluding hydrogens is 330 g/mol. The Kier molecular flexibility index (Phi) is 5.66. The number of nitrogens with zero attached hydrogens (tertiary/aromatic N) is 1. The van der Waals surface area contributed by atoms with Crippen LogP contribution in [0.5, 0.6) is 0 Å². The van der Waals surface area contributed by atoms with E-state index in [1.807, 2.05) is 60.4 Å². The fraction of sp³-hybridized carbons (Fsp3) is 0.300. The molecule has 2 N–H and O–H groups in total. The Labute approximate surface area is 154 Å². The largest absolute Gasteiger partial charge is 0.339 e. The molecule has 1 fully saturated rings. The van der Waals surface area contributed by atoms with Crippen molar-refractivity contribution in [3.05, 3.63) is 59.7 Å². The van der Waals surface area contributed by atoms with Gasteiger partial charge in [-0.2, -0.15) is 0 Å². The van der Waals surface area contributed by atoms with Crippen LogP contribution in [0.1, 0.15) is 35.2 Å². The zero-order valence-corrected chi connectivity index (χ0v) is 15.2. The average Bonchev–Trinajstić information content (AvgIpc) is 2.62. The molecule has 0 atom stereocenters. The van der Waals surface area contributed by atoms with E-state index in [1.165, 1.54) is 12.0 Å². The summed E-state index contributed by atoms with van der Waals surface area (Å²) < 4.78 is 0. The number of benzene rings is 2. The Morgan fingerprint density at radius 2 is 1.64 bits per heavy atom. The van der Waals surface area contributed by atoms with Crippen LogP contribution in [-0.2, 0) is 0 Å². The third kappa shape index (κ3) is 4.79.